The number of hydrogen-bond donors (Lipinski definition) is 1. The van der Waals surface area contributed by atoms with Crippen molar-refractivity contribution in [1.82, 2.24) is 15.1 Å². The Morgan fingerprint density at radius 2 is 2.05 bits per heavy atom. The van der Waals surface area contributed by atoms with E-state index < -0.39 is 0 Å². The van der Waals surface area contributed by atoms with Crippen LogP contribution >= 0.6 is 0 Å². The molecule has 0 saturated carbocycles. The van der Waals surface area contributed by atoms with Crippen molar-refractivity contribution in [2.24, 2.45) is 5.92 Å². The van der Waals surface area contributed by atoms with Gasteiger partial charge in [-0.25, -0.2) is 0 Å². The van der Waals surface area contributed by atoms with Gasteiger partial charge in [-0.05, 0) is 66.2 Å². The first-order valence-corrected chi connectivity index (χ1v) is 7.99. The molecule has 3 heteroatoms. The second-order valence-corrected chi connectivity index (χ2v) is 7.38. The summed E-state index contributed by atoms with van der Waals surface area (Å²) < 4.78 is 0. The largest absolute Gasteiger partial charge is 0.312 e. The summed E-state index contributed by atoms with van der Waals surface area (Å²) in [5, 5.41) is 3.60. The Hall–Kier alpha value is -0.120. The van der Waals surface area contributed by atoms with Crippen LogP contribution in [0.25, 0.3) is 0 Å². The van der Waals surface area contributed by atoms with E-state index >= 15 is 0 Å². The van der Waals surface area contributed by atoms with Crippen LogP contribution in [-0.2, 0) is 0 Å². The predicted molar refractivity (Wildman–Crippen MR) is 84.7 cm³/mol. The molecule has 0 radical (unpaired) electrons. The van der Waals surface area contributed by atoms with Gasteiger partial charge >= 0.3 is 0 Å². The minimum absolute atomic E-state index is 0.233. The van der Waals surface area contributed by atoms with Crippen LogP contribution in [0.1, 0.15) is 47.5 Å². The van der Waals surface area contributed by atoms with Gasteiger partial charge < -0.3 is 10.2 Å². The number of likely N-dealkylation sites (N-methyl/N-ethyl adjacent to an activating group) is 2. The van der Waals surface area contributed by atoms with Crippen molar-refractivity contribution >= 4 is 0 Å². The first kappa shape index (κ1) is 16.9. The Labute approximate surface area is 120 Å². The molecule has 0 aliphatic carbocycles. The van der Waals surface area contributed by atoms with E-state index in [2.05, 4.69) is 56.8 Å². The molecule has 1 fully saturated rings. The van der Waals surface area contributed by atoms with Crippen molar-refractivity contribution in [3.63, 3.8) is 0 Å². The normalized spacial score (nSPS) is 23.2. The summed E-state index contributed by atoms with van der Waals surface area (Å²) in [4.78, 5) is 5.15. The monoisotopic (exact) mass is 269 g/mol. The Kier molecular flexibility index (Phi) is 6.78. The van der Waals surface area contributed by atoms with E-state index in [9.17, 15) is 0 Å². The van der Waals surface area contributed by atoms with Gasteiger partial charge in [-0.1, -0.05) is 13.8 Å². The van der Waals surface area contributed by atoms with E-state index in [1.807, 2.05) is 0 Å². The van der Waals surface area contributed by atoms with E-state index in [4.69, 9.17) is 0 Å². The number of likely N-dealkylation sites (tertiary alicyclic amines) is 1. The highest BCUT2D eigenvalue weighted by Gasteiger charge is 2.24. The highest BCUT2D eigenvalue weighted by molar-refractivity contribution is 4.81. The van der Waals surface area contributed by atoms with Crippen LogP contribution in [0.4, 0.5) is 0 Å². The van der Waals surface area contributed by atoms with Crippen molar-refractivity contribution in [3.05, 3.63) is 0 Å². The number of nitrogens with zero attached hydrogens (tertiary/aromatic N) is 2. The average molecular weight is 269 g/mol. The van der Waals surface area contributed by atoms with Gasteiger partial charge in [-0.2, -0.15) is 0 Å². The Morgan fingerprint density at radius 1 is 1.37 bits per heavy atom. The molecular weight excluding hydrogens is 234 g/mol. The van der Waals surface area contributed by atoms with Crippen molar-refractivity contribution in [2.45, 2.75) is 59.0 Å². The van der Waals surface area contributed by atoms with Crippen molar-refractivity contribution < 1.29 is 0 Å². The molecule has 0 amide bonds. The maximum atomic E-state index is 3.60. The predicted octanol–water partition coefficient (Wildman–Crippen LogP) is 2.43. The Bertz CT molecular complexity index is 247. The van der Waals surface area contributed by atoms with Crippen LogP contribution < -0.4 is 5.32 Å². The van der Waals surface area contributed by atoms with E-state index in [-0.39, 0.29) is 5.54 Å². The lowest BCUT2D eigenvalue weighted by Crippen LogP contribution is -2.43. The molecule has 0 aromatic rings. The standard InChI is InChI=1S/C16H35N3/c1-7-19-10-8-9-15(19)13-18(6)12-14(2)11-17-16(3,4)5/h14-15,17H,7-13H2,1-6H3. The van der Waals surface area contributed by atoms with Crippen LogP contribution in [0.15, 0.2) is 0 Å². The second-order valence-electron chi connectivity index (χ2n) is 7.38. The number of rotatable bonds is 7. The van der Waals surface area contributed by atoms with Gasteiger partial charge in [-0.15, -0.1) is 0 Å². The summed E-state index contributed by atoms with van der Waals surface area (Å²) in [7, 11) is 2.28. The Balaban J connectivity index is 2.24. The molecule has 1 N–H and O–H groups in total. The summed E-state index contributed by atoms with van der Waals surface area (Å²) in [5.74, 6) is 0.709. The van der Waals surface area contributed by atoms with Gasteiger partial charge in [0.15, 0.2) is 0 Å². The fourth-order valence-electron chi connectivity index (χ4n) is 3.03. The molecule has 114 valence electrons. The third-order valence-electron chi connectivity index (χ3n) is 4.03. The molecule has 19 heavy (non-hydrogen) atoms. The van der Waals surface area contributed by atoms with Crippen LogP contribution in [0.2, 0.25) is 0 Å². The summed E-state index contributed by atoms with van der Waals surface area (Å²) in [6.07, 6.45) is 2.76. The lowest BCUT2D eigenvalue weighted by molar-refractivity contribution is 0.182. The highest BCUT2D eigenvalue weighted by atomic mass is 15.2. The molecule has 0 spiro atoms. The lowest BCUT2D eigenvalue weighted by atomic mass is 10.1. The van der Waals surface area contributed by atoms with Crippen LogP contribution in [0.5, 0.6) is 0 Å². The molecule has 2 atom stereocenters. The molecule has 1 heterocycles. The number of nitrogens with one attached hydrogen (secondary N) is 1. The van der Waals surface area contributed by atoms with E-state index in [0.29, 0.717) is 5.92 Å². The quantitative estimate of drug-likeness (QED) is 0.766. The molecule has 0 aromatic heterocycles. The van der Waals surface area contributed by atoms with E-state index in [0.717, 1.165) is 12.6 Å². The molecule has 0 aromatic carbocycles. The smallest absolute Gasteiger partial charge is 0.0223 e. The zero-order chi connectivity index (χ0) is 14.5. The molecule has 1 saturated heterocycles. The van der Waals surface area contributed by atoms with Crippen molar-refractivity contribution in [2.75, 3.05) is 39.8 Å². The van der Waals surface area contributed by atoms with Crippen LogP contribution in [-0.4, -0.2) is 61.2 Å². The number of hydrogen-bond acceptors (Lipinski definition) is 3. The average Bonchev–Trinajstić information content (AvgIpc) is 2.72. The van der Waals surface area contributed by atoms with Crippen molar-refractivity contribution in [3.8, 4) is 0 Å². The first-order valence-electron chi connectivity index (χ1n) is 7.99. The fourth-order valence-corrected chi connectivity index (χ4v) is 3.03. The zero-order valence-electron chi connectivity index (χ0n) is 14.0. The minimum atomic E-state index is 0.233. The summed E-state index contributed by atoms with van der Waals surface area (Å²) in [6, 6.07) is 0.790. The van der Waals surface area contributed by atoms with Crippen LogP contribution in [0.3, 0.4) is 0 Å². The molecule has 0 bridgehead atoms. The summed E-state index contributed by atoms with van der Waals surface area (Å²) in [5.41, 5.74) is 0.233. The van der Waals surface area contributed by atoms with E-state index in [1.54, 1.807) is 0 Å². The SMILES string of the molecule is CCN1CCCC1CN(C)CC(C)CNC(C)(C)C. The fraction of sp³-hybridized carbons (Fsp3) is 1.00. The topological polar surface area (TPSA) is 18.5 Å². The van der Waals surface area contributed by atoms with Gasteiger partial charge in [0, 0.05) is 24.7 Å². The summed E-state index contributed by atoms with van der Waals surface area (Å²) >= 11 is 0. The maximum Gasteiger partial charge on any atom is 0.0223 e. The maximum absolute atomic E-state index is 3.60. The van der Waals surface area contributed by atoms with Gasteiger partial charge in [0.05, 0.1) is 0 Å². The molecule has 1 aliphatic heterocycles. The summed E-state index contributed by atoms with van der Waals surface area (Å²) in [6.45, 7) is 17.4. The minimum Gasteiger partial charge on any atom is -0.312 e. The van der Waals surface area contributed by atoms with Gasteiger partial charge in [0.25, 0.3) is 0 Å². The van der Waals surface area contributed by atoms with E-state index in [1.165, 1.54) is 39.0 Å². The zero-order valence-corrected chi connectivity index (χ0v) is 14.0. The molecule has 1 rings (SSSR count). The Morgan fingerprint density at radius 3 is 2.63 bits per heavy atom. The molecule has 3 nitrogen and oxygen atoms in total. The molecule has 1 aliphatic rings. The van der Waals surface area contributed by atoms with Crippen molar-refractivity contribution in [1.29, 1.82) is 0 Å². The second kappa shape index (κ2) is 7.61. The third-order valence-corrected chi connectivity index (χ3v) is 4.03. The lowest BCUT2D eigenvalue weighted by Gasteiger charge is -2.30. The van der Waals surface area contributed by atoms with Crippen LogP contribution in [0, 0.1) is 5.92 Å². The van der Waals surface area contributed by atoms with Gasteiger partial charge in [0.1, 0.15) is 0 Å². The molecular formula is C16H35N3. The third kappa shape index (κ3) is 6.73. The first-order chi connectivity index (χ1) is 8.81. The van der Waals surface area contributed by atoms with Gasteiger partial charge in [-0.3, -0.25) is 4.90 Å². The van der Waals surface area contributed by atoms with Gasteiger partial charge in [0.2, 0.25) is 0 Å². The highest BCUT2D eigenvalue weighted by Crippen LogP contribution is 2.17. The molecule has 2 unspecified atom stereocenters.